The third-order valence-electron chi connectivity index (χ3n) is 3.31. The molecule has 2 heteroatoms. The second-order valence-electron chi connectivity index (χ2n) is 4.85. The molecular formula is C14H17NO. The molecule has 2 nitrogen and oxygen atoms in total. The Labute approximate surface area is 96.5 Å². The summed E-state index contributed by atoms with van der Waals surface area (Å²) in [6, 6.07) is 7.01. The molecule has 0 radical (unpaired) electrons. The fraction of sp³-hybridized carbons (Fsp3) is 0.429. The van der Waals surface area contributed by atoms with Crippen molar-refractivity contribution in [2.24, 2.45) is 0 Å². The Bertz CT molecular complexity index is 418. The van der Waals surface area contributed by atoms with Crippen molar-refractivity contribution >= 4 is 5.69 Å². The molecule has 1 aromatic carbocycles. The lowest BCUT2D eigenvalue weighted by Gasteiger charge is -2.41. The Kier molecular flexibility index (Phi) is 2.25. The molecule has 0 amide bonds. The van der Waals surface area contributed by atoms with Crippen molar-refractivity contribution in [3.05, 3.63) is 41.5 Å². The smallest absolute Gasteiger partial charge is 0.104 e. The second-order valence-corrected chi connectivity index (χ2v) is 4.85. The maximum atomic E-state index is 5.93. The van der Waals surface area contributed by atoms with Crippen LogP contribution in [0.2, 0.25) is 0 Å². The third-order valence-corrected chi connectivity index (χ3v) is 3.31. The van der Waals surface area contributed by atoms with Crippen LogP contribution in [0.25, 0.3) is 0 Å². The molecule has 1 aromatic rings. The summed E-state index contributed by atoms with van der Waals surface area (Å²) in [6.07, 6.45) is 7.10. The highest BCUT2D eigenvalue weighted by Gasteiger charge is 2.31. The zero-order chi connectivity index (χ0) is 11.1. The number of aryl methyl sites for hydroxylation is 2. The quantitative estimate of drug-likeness (QED) is 0.667. The molecule has 84 valence electrons. The van der Waals surface area contributed by atoms with Crippen LogP contribution in [0.1, 0.15) is 24.0 Å². The van der Waals surface area contributed by atoms with Gasteiger partial charge in [0.25, 0.3) is 0 Å². The van der Waals surface area contributed by atoms with E-state index < -0.39 is 0 Å². The molecule has 16 heavy (non-hydrogen) atoms. The van der Waals surface area contributed by atoms with E-state index in [1.165, 1.54) is 23.2 Å². The van der Waals surface area contributed by atoms with Gasteiger partial charge in [0.05, 0.1) is 11.7 Å². The van der Waals surface area contributed by atoms with E-state index in [9.17, 15) is 0 Å². The maximum absolute atomic E-state index is 5.93. The predicted octanol–water partition coefficient (Wildman–Crippen LogP) is 3.14. The summed E-state index contributed by atoms with van der Waals surface area (Å²) < 4.78 is 0. The SMILES string of the molecule is Cc1cc(C)cc(N2O[C@@H]3C=C[C@H]2CC3)c1. The monoisotopic (exact) mass is 215 g/mol. The van der Waals surface area contributed by atoms with Gasteiger partial charge in [0.1, 0.15) is 6.10 Å². The van der Waals surface area contributed by atoms with Crippen molar-refractivity contribution in [3.63, 3.8) is 0 Å². The summed E-state index contributed by atoms with van der Waals surface area (Å²) in [5.41, 5.74) is 3.78. The van der Waals surface area contributed by atoms with Gasteiger partial charge in [0.15, 0.2) is 0 Å². The number of fused-ring (bicyclic) bond motifs is 2. The Morgan fingerprint density at radius 3 is 2.31 bits per heavy atom. The molecule has 1 aliphatic carbocycles. The Morgan fingerprint density at radius 1 is 1.06 bits per heavy atom. The van der Waals surface area contributed by atoms with E-state index in [-0.39, 0.29) is 6.10 Å². The lowest BCUT2D eigenvalue weighted by molar-refractivity contribution is 0.00350. The van der Waals surface area contributed by atoms with E-state index in [1.54, 1.807) is 0 Å². The minimum Gasteiger partial charge on any atom is -0.265 e. The second kappa shape index (κ2) is 3.63. The van der Waals surface area contributed by atoms with Gasteiger partial charge >= 0.3 is 0 Å². The van der Waals surface area contributed by atoms with Crippen LogP contribution in [-0.2, 0) is 4.84 Å². The van der Waals surface area contributed by atoms with Crippen molar-refractivity contribution in [1.82, 2.24) is 0 Å². The molecular weight excluding hydrogens is 198 g/mol. The van der Waals surface area contributed by atoms with Gasteiger partial charge in [0.2, 0.25) is 0 Å². The van der Waals surface area contributed by atoms with Crippen LogP contribution in [-0.4, -0.2) is 12.1 Å². The molecule has 0 saturated carbocycles. The largest absolute Gasteiger partial charge is 0.265 e. The standard InChI is InChI=1S/C14H17NO/c1-10-7-11(2)9-13(8-10)15-12-3-5-14(16-15)6-4-12/h3,5,7-9,12,14H,4,6H2,1-2H3/t12-,14+/m0/s1. The number of hydrogen-bond acceptors (Lipinski definition) is 2. The normalized spacial score (nSPS) is 27.5. The first kappa shape index (κ1) is 9.91. The molecule has 2 atom stereocenters. The molecule has 0 spiro atoms. The van der Waals surface area contributed by atoms with Crippen molar-refractivity contribution in [1.29, 1.82) is 0 Å². The number of hydrogen-bond donors (Lipinski definition) is 0. The van der Waals surface area contributed by atoms with Crippen molar-refractivity contribution in [3.8, 4) is 0 Å². The van der Waals surface area contributed by atoms with E-state index in [1.807, 2.05) is 0 Å². The van der Waals surface area contributed by atoms with Gasteiger partial charge in [-0.3, -0.25) is 4.84 Å². The van der Waals surface area contributed by atoms with Crippen LogP contribution in [0.5, 0.6) is 0 Å². The van der Waals surface area contributed by atoms with Crippen LogP contribution in [0, 0.1) is 13.8 Å². The van der Waals surface area contributed by atoms with Crippen LogP contribution in [0.3, 0.4) is 0 Å². The Hall–Kier alpha value is -1.28. The van der Waals surface area contributed by atoms with Crippen molar-refractivity contribution in [2.75, 3.05) is 5.06 Å². The van der Waals surface area contributed by atoms with Gasteiger partial charge in [-0.2, -0.15) is 0 Å². The number of nitrogens with zero attached hydrogens (tertiary/aromatic N) is 1. The first-order chi connectivity index (χ1) is 7.72. The summed E-state index contributed by atoms with van der Waals surface area (Å²) >= 11 is 0. The molecule has 1 fully saturated rings. The van der Waals surface area contributed by atoms with E-state index in [4.69, 9.17) is 4.84 Å². The molecule has 0 aromatic heterocycles. The summed E-state index contributed by atoms with van der Waals surface area (Å²) in [4.78, 5) is 5.93. The lowest BCUT2D eigenvalue weighted by atomic mass is 9.97. The highest BCUT2D eigenvalue weighted by atomic mass is 16.7. The van der Waals surface area contributed by atoms with Gasteiger partial charge in [-0.05, 0) is 49.9 Å². The first-order valence-corrected chi connectivity index (χ1v) is 5.95. The molecule has 2 aliphatic heterocycles. The van der Waals surface area contributed by atoms with Crippen LogP contribution < -0.4 is 5.06 Å². The van der Waals surface area contributed by atoms with E-state index in [0.29, 0.717) is 6.04 Å². The van der Waals surface area contributed by atoms with Crippen molar-refractivity contribution < 1.29 is 4.84 Å². The van der Waals surface area contributed by atoms with Crippen molar-refractivity contribution in [2.45, 2.75) is 38.8 Å². The molecule has 1 saturated heterocycles. The third kappa shape index (κ3) is 1.63. The molecule has 3 aliphatic rings. The van der Waals surface area contributed by atoms with E-state index in [0.717, 1.165) is 6.42 Å². The van der Waals surface area contributed by atoms with Gasteiger partial charge in [-0.15, -0.1) is 0 Å². The number of hydroxylamine groups is 1. The van der Waals surface area contributed by atoms with Crippen LogP contribution in [0.4, 0.5) is 5.69 Å². The topological polar surface area (TPSA) is 12.5 Å². The highest BCUT2D eigenvalue weighted by molar-refractivity contribution is 5.51. The van der Waals surface area contributed by atoms with Gasteiger partial charge in [0, 0.05) is 0 Å². The van der Waals surface area contributed by atoms with Gasteiger partial charge < -0.3 is 0 Å². The predicted molar refractivity (Wildman–Crippen MR) is 65.4 cm³/mol. The molecule has 2 heterocycles. The fourth-order valence-electron chi connectivity index (χ4n) is 2.62. The van der Waals surface area contributed by atoms with E-state index in [2.05, 4.69) is 49.3 Å². The average Bonchev–Trinajstić information content (AvgIpc) is 2.29. The molecule has 4 rings (SSSR count). The Morgan fingerprint density at radius 2 is 1.81 bits per heavy atom. The summed E-state index contributed by atoms with van der Waals surface area (Å²) in [6.45, 7) is 4.27. The average molecular weight is 215 g/mol. The molecule has 2 bridgehead atoms. The summed E-state index contributed by atoms with van der Waals surface area (Å²) in [7, 11) is 0. The lowest BCUT2D eigenvalue weighted by Crippen LogP contribution is -2.45. The zero-order valence-electron chi connectivity index (χ0n) is 9.81. The van der Waals surface area contributed by atoms with Gasteiger partial charge in [-0.1, -0.05) is 18.2 Å². The highest BCUT2D eigenvalue weighted by Crippen LogP contribution is 2.32. The number of rotatable bonds is 1. The minimum atomic E-state index is 0.283. The Balaban J connectivity index is 1.95. The molecule has 0 N–H and O–H groups in total. The van der Waals surface area contributed by atoms with Crippen LogP contribution >= 0.6 is 0 Å². The van der Waals surface area contributed by atoms with E-state index >= 15 is 0 Å². The molecule has 0 unspecified atom stereocenters. The first-order valence-electron chi connectivity index (χ1n) is 5.95. The summed E-state index contributed by atoms with van der Waals surface area (Å²) in [5.74, 6) is 0. The zero-order valence-corrected chi connectivity index (χ0v) is 9.81. The fourth-order valence-corrected chi connectivity index (χ4v) is 2.62. The minimum absolute atomic E-state index is 0.283. The van der Waals surface area contributed by atoms with Gasteiger partial charge in [-0.25, -0.2) is 5.06 Å². The number of benzene rings is 1. The van der Waals surface area contributed by atoms with Crippen LogP contribution in [0.15, 0.2) is 30.4 Å². The maximum Gasteiger partial charge on any atom is 0.104 e. The number of anilines is 1. The summed E-state index contributed by atoms with van der Waals surface area (Å²) in [5, 5.41) is 2.08.